The number of hydrogen-bond donors (Lipinski definition) is 0. The molecule has 1 saturated carbocycles. The van der Waals surface area contributed by atoms with Crippen LogP contribution in [-0.4, -0.2) is 11.2 Å². The number of halogens is 2. The SMILES string of the molecule is O=C([P-]C1CCCC1)c1c(Cl)cccc1Cl.[Li+]. The van der Waals surface area contributed by atoms with Gasteiger partial charge in [0.25, 0.3) is 0 Å². The molecule has 5 heteroatoms. The third kappa shape index (κ3) is 3.99. The Bertz CT molecular complexity index is 385. The van der Waals surface area contributed by atoms with E-state index in [4.69, 9.17) is 23.2 Å². The molecule has 1 nitrogen and oxygen atoms in total. The molecule has 0 aliphatic heterocycles. The van der Waals surface area contributed by atoms with Crippen molar-refractivity contribution in [1.82, 2.24) is 0 Å². The fourth-order valence-corrected chi connectivity index (χ4v) is 3.99. The number of carbonyl (C=O) groups excluding carboxylic acids is 1. The van der Waals surface area contributed by atoms with Crippen LogP contribution in [0, 0.1) is 0 Å². The van der Waals surface area contributed by atoms with Gasteiger partial charge >= 0.3 is 18.9 Å². The van der Waals surface area contributed by atoms with Gasteiger partial charge in [-0.25, -0.2) is 0 Å². The molecule has 0 unspecified atom stereocenters. The molecule has 0 spiro atoms. The number of carbonyl (C=O) groups is 1. The fourth-order valence-electron chi connectivity index (χ4n) is 1.97. The van der Waals surface area contributed by atoms with Gasteiger partial charge in [-0.05, 0) is 12.1 Å². The Labute approximate surface area is 126 Å². The van der Waals surface area contributed by atoms with Crippen molar-refractivity contribution in [3.05, 3.63) is 33.8 Å². The first-order valence-electron chi connectivity index (χ1n) is 5.37. The molecule has 0 atom stereocenters. The van der Waals surface area contributed by atoms with E-state index in [-0.39, 0.29) is 24.4 Å². The molecule has 1 aliphatic carbocycles. The van der Waals surface area contributed by atoms with E-state index in [2.05, 4.69) is 0 Å². The van der Waals surface area contributed by atoms with E-state index in [0.717, 1.165) is 21.4 Å². The molecule has 0 N–H and O–H groups in total. The summed E-state index contributed by atoms with van der Waals surface area (Å²) >= 11 is 12.0. The Hall–Kier alpha value is 0.497. The van der Waals surface area contributed by atoms with Gasteiger partial charge in [-0.3, -0.25) is 0 Å². The average molecular weight is 281 g/mol. The Kier molecular flexibility index (Phi) is 6.57. The first-order chi connectivity index (χ1) is 7.68. The van der Waals surface area contributed by atoms with Crippen LogP contribution in [0.3, 0.4) is 0 Å². The second-order valence-corrected chi connectivity index (χ2v) is 6.18. The van der Waals surface area contributed by atoms with E-state index in [1.807, 2.05) is 0 Å². The minimum atomic E-state index is 0. The summed E-state index contributed by atoms with van der Waals surface area (Å²) in [5.74, 6) is 0. The molecule has 0 bridgehead atoms. The third-order valence-electron chi connectivity index (χ3n) is 2.80. The van der Waals surface area contributed by atoms with Crippen molar-refractivity contribution in [2.75, 3.05) is 0 Å². The normalized spacial score (nSPS) is 16.4. The van der Waals surface area contributed by atoms with Gasteiger partial charge in [0.15, 0.2) is 0 Å². The second-order valence-electron chi connectivity index (χ2n) is 3.97. The zero-order chi connectivity index (χ0) is 11.5. The predicted octanol–water partition coefficient (Wildman–Crippen LogP) is 2.03. The van der Waals surface area contributed by atoms with Crippen molar-refractivity contribution in [2.24, 2.45) is 0 Å². The second kappa shape index (κ2) is 7.18. The van der Waals surface area contributed by atoms with E-state index in [1.165, 1.54) is 12.8 Å². The first kappa shape index (κ1) is 15.6. The Balaban J connectivity index is 0.00000144. The summed E-state index contributed by atoms with van der Waals surface area (Å²) in [6.45, 7) is 0. The van der Waals surface area contributed by atoms with Crippen LogP contribution in [0.1, 0.15) is 36.0 Å². The topological polar surface area (TPSA) is 17.1 Å². The number of benzene rings is 1. The predicted molar refractivity (Wildman–Crippen MR) is 70.0 cm³/mol. The Morgan fingerprint density at radius 2 is 1.71 bits per heavy atom. The standard InChI is InChI=1S/C12H12Cl2OP.Li/c13-9-6-3-7-10(14)11(9)12(15)16-8-4-1-2-5-8;/h3,6-8H,1-2,4-5H2;/q-1;+1. The molecular weight excluding hydrogens is 269 g/mol. The molecule has 0 aromatic heterocycles. The van der Waals surface area contributed by atoms with Gasteiger partial charge in [0.1, 0.15) is 0 Å². The maximum Gasteiger partial charge on any atom is 1.00 e. The minimum absolute atomic E-state index is 0. The smallest absolute Gasteiger partial charge is 0.456 e. The third-order valence-corrected chi connectivity index (χ3v) is 4.77. The van der Waals surface area contributed by atoms with Crippen LogP contribution in [0.5, 0.6) is 0 Å². The van der Waals surface area contributed by atoms with E-state index in [0.29, 0.717) is 21.3 Å². The van der Waals surface area contributed by atoms with E-state index >= 15 is 0 Å². The van der Waals surface area contributed by atoms with Crippen LogP contribution < -0.4 is 18.9 Å². The van der Waals surface area contributed by atoms with E-state index in [1.54, 1.807) is 18.2 Å². The average Bonchev–Trinajstić information content (AvgIpc) is 2.70. The monoisotopic (exact) mass is 280 g/mol. The molecule has 2 rings (SSSR count). The van der Waals surface area contributed by atoms with Crippen molar-refractivity contribution in [3.63, 3.8) is 0 Å². The van der Waals surface area contributed by atoms with Gasteiger partial charge in [0, 0.05) is 11.1 Å². The molecule has 0 radical (unpaired) electrons. The molecule has 0 heterocycles. The first-order valence-corrected chi connectivity index (χ1v) is 7.09. The maximum atomic E-state index is 12.1. The molecule has 0 amide bonds. The molecule has 17 heavy (non-hydrogen) atoms. The fraction of sp³-hybridized carbons (Fsp3) is 0.417. The minimum Gasteiger partial charge on any atom is -0.456 e. The van der Waals surface area contributed by atoms with Crippen molar-refractivity contribution >= 4 is 37.3 Å². The van der Waals surface area contributed by atoms with Crippen LogP contribution in [0.25, 0.3) is 0 Å². The molecule has 0 saturated heterocycles. The quantitative estimate of drug-likeness (QED) is 0.612. The molecule has 1 fully saturated rings. The van der Waals surface area contributed by atoms with Crippen LogP contribution in [-0.2, 0) is 0 Å². The van der Waals surface area contributed by atoms with Crippen LogP contribution >= 0.6 is 31.8 Å². The summed E-state index contributed by atoms with van der Waals surface area (Å²) in [5.41, 5.74) is 1.04. The van der Waals surface area contributed by atoms with E-state index in [9.17, 15) is 4.79 Å². The van der Waals surface area contributed by atoms with E-state index < -0.39 is 0 Å². The maximum absolute atomic E-state index is 12.1. The largest absolute Gasteiger partial charge is 1.00 e. The van der Waals surface area contributed by atoms with Crippen LogP contribution in [0.4, 0.5) is 0 Å². The van der Waals surface area contributed by atoms with Crippen LogP contribution in [0.15, 0.2) is 18.2 Å². The summed E-state index contributed by atoms with van der Waals surface area (Å²) in [5, 5.41) is 0.922. The molecule has 1 aliphatic rings. The summed E-state index contributed by atoms with van der Waals surface area (Å²) in [6, 6.07) is 5.18. The van der Waals surface area contributed by atoms with Crippen molar-refractivity contribution in [2.45, 2.75) is 31.3 Å². The summed E-state index contributed by atoms with van der Waals surface area (Å²) in [4.78, 5) is 12.1. The molecule has 86 valence electrons. The van der Waals surface area contributed by atoms with Gasteiger partial charge in [0.2, 0.25) is 0 Å². The summed E-state index contributed by atoms with van der Waals surface area (Å²) in [6.07, 6.45) is 4.77. The Morgan fingerprint density at radius 1 is 1.18 bits per heavy atom. The van der Waals surface area contributed by atoms with Gasteiger partial charge in [0.05, 0.1) is 10.0 Å². The van der Waals surface area contributed by atoms with Crippen molar-refractivity contribution < 1.29 is 23.7 Å². The summed E-state index contributed by atoms with van der Waals surface area (Å²) < 4.78 is 0. The van der Waals surface area contributed by atoms with Gasteiger partial charge in [-0.15, -0.1) is 0 Å². The van der Waals surface area contributed by atoms with Gasteiger partial charge in [-0.1, -0.05) is 55.0 Å². The molecule has 1 aromatic rings. The van der Waals surface area contributed by atoms with Crippen molar-refractivity contribution in [3.8, 4) is 0 Å². The van der Waals surface area contributed by atoms with Gasteiger partial charge in [-0.2, -0.15) is 5.66 Å². The zero-order valence-electron chi connectivity index (χ0n) is 9.75. The van der Waals surface area contributed by atoms with Crippen molar-refractivity contribution in [1.29, 1.82) is 0 Å². The molecule has 1 aromatic carbocycles. The van der Waals surface area contributed by atoms with Gasteiger partial charge < -0.3 is 13.4 Å². The van der Waals surface area contributed by atoms with Crippen LogP contribution in [0.2, 0.25) is 10.0 Å². The number of hydrogen-bond acceptors (Lipinski definition) is 1. The molecular formula is C12H12Cl2LiOP. The summed E-state index contributed by atoms with van der Waals surface area (Å²) in [7, 11) is 0.851. The zero-order valence-corrected chi connectivity index (χ0v) is 12.2. The number of rotatable bonds is 3. The Morgan fingerprint density at radius 3 is 2.24 bits per heavy atom.